The molecule has 2 aromatic carbocycles. The van der Waals surface area contributed by atoms with Crippen molar-refractivity contribution >= 4 is 38.9 Å². The highest BCUT2D eigenvalue weighted by molar-refractivity contribution is 7.89. The van der Waals surface area contributed by atoms with E-state index in [9.17, 15) is 18.0 Å². The number of amides is 1. The Morgan fingerprint density at radius 3 is 2.27 bits per heavy atom. The lowest BCUT2D eigenvalue weighted by Crippen LogP contribution is -2.33. The van der Waals surface area contributed by atoms with Gasteiger partial charge in [-0.2, -0.15) is 4.31 Å². The summed E-state index contributed by atoms with van der Waals surface area (Å²) in [6, 6.07) is 13.9. The van der Waals surface area contributed by atoms with E-state index in [1.165, 1.54) is 30.5 Å². The van der Waals surface area contributed by atoms with Crippen LogP contribution in [-0.4, -0.2) is 43.2 Å². The Hall–Kier alpha value is -3.08. The molecule has 8 nitrogen and oxygen atoms in total. The van der Waals surface area contributed by atoms with Gasteiger partial charge in [0, 0.05) is 18.1 Å². The number of carbonyl (C=O) groups is 2. The highest BCUT2D eigenvalue weighted by Gasteiger charge is 2.23. The highest BCUT2D eigenvalue weighted by Crippen LogP contribution is 2.16. The van der Waals surface area contributed by atoms with Crippen LogP contribution in [0.5, 0.6) is 0 Å². The summed E-state index contributed by atoms with van der Waals surface area (Å²) in [6.45, 7) is 3.30. The Morgan fingerprint density at radius 1 is 1.03 bits per heavy atom. The number of anilines is 1. The molecule has 1 amide bonds. The highest BCUT2D eigenvalue weighted by atomic mass is 32.2. The van der Waals surface area contributed by atoms with E-state index in [2.05, 4.69) is 10.3 Å². The molecule has 0 atom stereocenters. The normalized spacial score (nSPS) is 11.4. The fraction of sp³-hybridized carbons (Fsp3) is 0.261. The lowest BCUT2D eigenvalue weighted by Gasteiger charge is -2.16. The fourth-order valence-electron chi connectivity index (χ4n) is 2.83. The van der Waals surface area contributed by atoms with Gasteiger partial charge < -0.3 is 10.1 Å². The number of benzene rings is 2. The first kappa shape index (κ1) is 24.6. The zero-order valence-corrected chi connectivity index (χ0v) is 20.2. The summed E-state index contributed by atoms with van der Waals surface area (Å²) in [6.07, 6.45) is 0.101. The number of aromatic nitrogens is 1. The molecule has 1 N–H and O–H groups in total. The molecular weight excluding hydrogens is 462 g/mol. The van der Waals surface area contributed by atoms with Crippen molar-refractivity contribution in [3.8, 4) is 0 Å². The second-order valence-electron chi connectivity index (χ2n) is 7.56. The largest absolute Gasteiger partial charge is 0.458 e. The van der Waals surface area contributed by atoms with E-state index >= 15 is 0 Å². The van der Waals surface area contributed by atoms with Crippen LogP contribution in [0.4, 0.5) is 5.69 Å². The van der Waals surface area contributed by atoms with Crippen LogP contribution in [0, 0.1) is 13.8 Å². The van der Waals surface area contributed by atoms with Crippen molar-refractivity contribution in [2.24, 2.45) is 0 Å². The van der Waals surface area contributed by atoms with Crippen molar-refractivity contribution in [2.45, 2.75) is 31.8 Å². The van der Waals surface area contributed by atoms with Gasteiger partial charge in [-0.3, -0.25) is 9.59 Å². The number of nitrogens with zero attached hydrogens (tertiary/aromatic N) is 2. The molecule has 0 aliphatic heterocycles. The van der Waals surface area contributed by atoms with Crippen molar-refractivity contribution in [3.05, 3.63) is 75.7 Å². The van der Waals surface area contributed by atoms with Gasteiger partial charge in [-0.05, 0) is 38.1 Å². The van der Waals surface area contributed by atoms with E-state index in [0.29, 0.717) is 16.4 Å². The molecule has 3 aromatic rings. The smallest absolute Gasteiger partial charge is 0.321 e. The van der Waals surface area contributed by atoms with E-state index in [1.807, 2.05) is 38.1 Å². The standard InChI is InChI=1S/C23H25N3O5S2/c1-16-4-8-18(9-5-16)24-21(27)12-22-25-19(15-32-22)14-31-23(28)13-26(3)33(29,30)20-10-6-17(2)7-11-20/h4-11,15H,12-14H2,1-3H3,(H,24,27). The van der Waals surface area contributed by atoms with Crippen LogP contribution in [0.3, 0.4) is 0 Å². The van der Waals surface area contributed by atoms with Crippen molar-refractivity contribution < 1.29 is 22.7 Å². The molecule has 0 saturated carbocycles. The third-order valence-corrected chi connectivity index (χ3v) is 7.42. The molecule has 174 valence electrons. The summed E-state index contributed by atoms with van der Waals surface area (Å²) in [7, 11) is -2.47. The van der Waals surface area contributed by atoms with E-state index < -0.39 is 22.5 Å². The average Bonchev–Trinajstić information content (AvgIpc) is 3.21. The number of thiazole rings is 1. The van der Waals surface area contributed by atoms with Crippen LogP contribution in [0.1, 0.15) is 21.8 Å². The van der Waals surface area contributed by atoms with Crippen LogP contribution in [0.25, 0.3) is 0 Å². The monoisotopic (exact) mass is 487 g/mol. The number of sulfonamides is 1. The van der Waals surface area contributed by atoms with Gasteiger partial charge >= 0.3 is 5.97 Å². The summed E-state index contributed by atoms with van der Waals surface area (Å²) in [5, 5.41) is 5.10. The molecule has 0 aliphatic rings. The first-order valence-corrected chi connectivity index (χ1v) is 12.4. The van der Waals surface area contributed by atoms with Crippen LogP contribution in [0.15, 0.2) is 58.8 Å². The lowest BCUT2D eigenvalue weighted by atomic mass is 10.2. The van der Waals surface area contributed by atoms with Gasteiger partial charge in [0.2, 0.25) is 15.9 Å². The summed E-state index contributed by atoms with van der Waals surface area (Å²) in [5.41, 5.74) is 3.24. The maximum Gasteiger partial charge on any atom is 0.321 e. The van der Waals surface area contributed by atoms with Gasteiger partial charge in [0.25, 0.3) is 0 Å². The number of rotatable bonds is 9. The van der Waals surface area contributed by atoms with E-state index in [0.717, 1.165) is 15.4 Å². The van der Waals surface area contributed by atoms with Gasteiger partial charge in [0.05, 0.1) is 17.0 Å². The molecule has 0 saturated heterocycles. The first-order valence-electron chi connectivity index (χ1n) is 10.1. The summed E-state index contributed by atoms with van der Waals surface area (Å²) in [5.74, 6) is -0.889. The molecule has 10 heteroatoms. The molecule has 33 heavy (non-hydrogen) atoms. The lowest BCUT2D eigenvalue weighted by molar-refractivity contribution is -0.145. The number of esters is 1. The number of hydrogen-bond donors (Lipinski definition) is 1. The van der Waals surface area contributed by atoms with Crippen LogP contribution >= 0.6 is 11.3 Å². The molecule has 0 aliphatic carbocycles. The average molecular weight is 488 g/mol. The molecule has 0 radical (unpaired) electrons. The Balaban J connectivity index is 1.48. The molecule has 0 fully saturated rings. The van der Waals surface area contributed by atoms with Gasteiger partial charge in [0.1, 0.15) is 18.2 Å². The molecule has 0 bridgehead atoms. The van der Waals surface area contributed by atoms with Gasteiger partial charge in [0.15, 0.2) is 0 Å². The zero-order chi connectivity index (χ0) is 24.0. The number of nitrogens with one attached hydrogen (secondary N) is 1. The van der Waals surface area contributed by atoms with Crippen LogP contribution < -0.4 is 5.32 Å². The van der Waals surface area contributed by atoms with Gasteiger partial charge in [-0.15, -0.1) is 11.3 Å². The van der Waals surface area contributed by atoms with Crippen molar-refractivity contribution in [3.63, 3.8) is 0 Å². The molecule has 0 spiro atoms. The third kappa shape index (κ3) is 6.95. The quantitative estimate of drug-likeness (QED) is 0.464. The summed E-state index contributed by atoms with van der Waals surface area (Å²) in [4.78, 5) is 28.8. The zero-order valence-electron chi connectivity index (χ0n) is 18.6. The van der Waals surface area contributed by atoms with Crippen LogP contribution in [-0.2, 0) is 37.4 Å². The second kappa shape index (κ2) is 10.7. The van der Waals surface area contributed by atoms with Gasteiger partial charge in [-0.1, -0.05) is 35.4 Å². The molecule has 1 aromatic heterocycles. The minimum atomic E-state index is -3.80. The number of aryl methyl sites for hydroxylation is 2. The second-order valence-corrected chi connectivity index (χ2v) is 10.5. The number of carbonyl (C=O) groups excluding carboxylic acids is 2. The Bertz CT molecular complexity index is 1220. The maximum atomic E-state index is 12.6. The summed E-state index contributed by atoms with van der Waals surface area (Å²) < 4.78 is 31.3. The van der Waals surface area contributed by atoms with E-state index in [-0.39, 0.29) is 23.8 Å². The predicted molar refractivity (Wildman–Crippen MR) is 126 cm³/mol. The maximum absolute atomic E-state index is 12.6. The summed E-state index contributed by atoms with van der Waals surface area (Å²) >= 11 is 1.29. The minimum Gasteiger partial charge on any atom is -0.458 e. The predicted octanol–water partition coefficient (Wildman–Crippen LogP) is 3.31. The molecule has 1 heterocycles. The van der Waals surface area contributed by atoms with Crippen molar-refractivity contribution in [1.82, 2.24) is 9.29 Å². The molecule has 3 rings (SSSR count). The number of likely N-dealkylation sites (N-methyl/N-ethyl adjacent to an activating group) is 1. The third-order valence-electron chi connectivity index (χ3n) is 4.71. The van der Waals surface area contributed by atoms with Crippen molar-refractivity contribution in [2.75, 3.05) is 18.9 Å². The molecular formula is C23H25N3O5S2. The Kier molecular flexibility index (Phi) is 7.96. The van der Waals surface area contributed by atoms with Gasteiger partial charge in [-0.25, -0.2) is 13.4 Å². The topological polar surface area (TPSA) is 106 Å². The number of hydrogen-bond acceptors (Lipinski definition) is 7. The SMILES string of the molecule is Cc1ccc(NC(=O)Cc2nc(COC(=O)CN(C)S(=O)(=O)c3ccc(C)cc3)cs2)cc1. The van der Waals surface area contributed by atoms with Crippen molar-refractivity contribution in [1.29, 1.82) is 0 Å². The Morgan fingerprint density at radius 2 is 1.64 bits per heavy atom. The van der Waals surface area contributed by atoms with Crippen LogP contribution in [0.2, 0.25) is 0 Å². The minimum absolute atomic E-state index is 0.101. The number of ether oxygens (including phenoxy) is 1. The molecule has 0 unspecified atom stereocenters. The fourth-order valence-corrected chi connectivity index (χ4v) is 4.73. The Labute approximate surface area is 197 Å². The first-order chi connectivity index (χ1) is 15.6. The van der Waals surface area contributed by atoms with E-state index in [4.69, 9.17) is 4.74 Å². The van der Waals surface area contributed by atoms with E-state index in [1.54, 1.807) is 17.5 Å².